The monoisotopic (exact) mass is 466 g/mol. The summed E-state index contributed by atoms with van der Waals surface area (Å²) in [5, 5.41) is 0. The number of benzene rings is 3. The van der Waals surface area contributed by atoms with E-state index in [1.54, 1.807) is 5.56 Å². The van der Waals surface area contributed by atoms with Crippen molar-refractivity contribution in [3.8, 4) is 11.1 Å². The summed E-state index contributed by atoms with van der Waals surface area (Å²) in [4.78, 5) is 0. The Morgan fingerprint density at radius 3 is 1.97 bits per heavy atom. The first kappa shape index (κ1) is 25.7. The highest BCUT2D eigenvalue weighted by molar-refractivity contribution is 5.74. The molecule has 3 aromatic carbocycles. The third kappa shape index (κ3) is 5.74. The van der Waals surface area contributed by atoms with E-state index in [9.17, 15) is 0 Å². The normalized spacial score (nSPS) is 18.6. The summed E-state index contributed by atoms with van der Waals surface area (Å²) in [7, 11) is 0. The van der Waals surface area contributed by atoms with Crippen LogP contribution in [0.4, 0.5) is 0 Å². The van der Waals surface area contributed by atoms with Crippen molar-refractivity contribution in [2.75, 3.05) is 0 Å². The van der Waals surface area contributed by atoms with Gasteiger partial charge in [0.2, 0.25) is 0 Å². The van der Waals surface area contributed by atoms with Crippen LogP contribution in [-0.4, -0.2) is 0 Å². The van der Waals surface area contributed by atoms with Gasteiger partial charge in [0.25, 0.3) is 0 Å². The lowest BCUT2D eigenvalue weighted by Gasteiger charge is -2.31. The van der Waals surface area contributed by atoms with Gasteiger partial charge in [-0.3, -0.25) is 0 Å². The highest BCUT2D eigenvalue weighted by atomic mass is 14.3. The molecule has 0 aliphatic heterocycles. The second-order valence-electron chi connectivity index (χ2n) is 12.0. The maximum atomic E-state index is 2.53. The molecule has 186 valence electrons. The van der Waals surface area contributed by atoms with Crippen LogP contribution < -0.4 is 0 Å². The van der Waals surface area contributed by atoms with Crippen molar-refractivity contribution in [3.63, 3.8) is 0 Å². The van der Waals surface area contributed by atoms with Crippen LogP contribution in [0.3, 0.4) is 0 Å². The van der Waals surface area contributed by atoms with E-state index < -0.39 is 0 Å². The summed E-state index contributed by atoms with van der Waals surface area (Å²) in [5.41, 5.74) is 12.5. The van der Waals surface area contributed by atoms with Gasteiger partial charge in [-0.2, -0.15) is 0 Å². The zero-order valence-electron chi connectivity index (χ0n) is 23.3. The Hall–Kier alpha value is -2.34. The minimum absolute atomic E-state index is 0.0686. The van der Waals surface area contributed by atoms with Gasteiger partial charge < -0.3 is 0 Å². The van der Waals surface area contributed by atoms with Crippen LogP contribution in [0.25, 0.3) is 11.1 Å². The van der Waals surface area contributed by atoms with Gasteiger partial charge in [-0.25, -0.2) is 0 Å². The average molecular weight is 467 g/mol. The fraction of sp³-hybridized carbons (Fsp3) is 0.486. The fourth-order valence-electron chi connectivity index (χ4n) is 6.23. The van der Waals surface area contributed by atoms with Gasteiger partial charge in [0.05, 0.1) is 0 Å². The van der Waals surface area contributed by atoms with Crippen LogP contribution in [0.1, 0.15) is 98.2 Å². The summed E-state index contributed by atoms with van der Waals surface area (Å²) in [6.45, 7) is 16.1. The molecule has 1 saturated carbocycles. The highest BCUT2D eigenvalue weighted by Gasteiger charge is 2.28. The van der Waals surface area contributed by atoms with Crippen LogP contribution >= 0.6 is 0 Å². The van der Waals surface area contributed by atoms with E-state index in [4.69, 9.17) is 0 Å². The summed E-state index contributed by atoms with van der Waals surface area (Å²) in [5.74, 6) is 1.90. The van der Waals surface area contributed by atoms with E-state index in [1.807, 2.05) is 0 Å². The van der Waals surface area contributed by atoms with Crippen molar-refractivity contribution in [2.24, 2.45) is 11.8 Å². The lowest BCUT2D eigenvalue weighted by Crippen LogP contribution is -2.21. The van der Waals surface area contributed by atoms with Gasteiger partial charge in [-0.05, 0) is 91.3 Å². The highest BCUT2D eigenvalue weighted by Crippen LogP contribution is 2.41. The molecule has 0 heteroatoms. The minimum atomic E-state index is -0.0686. The van der Waals surface area contributed by atoms with E-state index in [-0.39, 0.29) is 5.41 Å². The second-order valence-corrected chi connectivity index (χ2v) is 12.0. The van der Waals surface area contributed by atoms with Crippen molar-refractivity contribution in [3.05, 3.63) is 93.5 Å². The first-order valence-electron chi connectivity index (χ1n) is 14.0. The number of aryl methyl sites for hydroxylation is 5. The number of hydrogen-bond acceptors (Lipinski definition) is 0. The van der Waals surface area contributed by atoms with E-state index >= 15 is 0 Å². The molecule has 0 atom stereocenters. The molecule has 4 rings (SSSR count). The van der Waals surface area contributed by atoms with Crippen molar-refractivity contribution in [1.82, 2.24) is 0 Å². The topological polar surface area (TPSA) is 0 Å². The molecule has 1 fully saturated rings. The molecule has 0 heterocycles. The second kappa shape index (κ2) is 10.7. The summed E-state index contributed by atoms with van der Waals surface area (Å²) >= 11 is 0. The van der Waals surface area contributed by atoms with Gasteiger partial charge in [0.15, 0.2) is 0 Å². The Labute approximate surface area is 215 Å². The molecule has 0 saturated heterocycles. The maximum Gasteiger partial charge on any atom is 0.0152 e. The lowest BCUT2D eigenvalue weighted by atomic mass is 9.73. The first-order valence-corrected chi connectivity index (χ1v) is 14.0. The van der Waals surface area contributed by atoms with Gasteiger partial charge in [0.1, 0.15) is 0 Å². The van der Waals surface area contributed by atoms with Crippen LogP contribution in [0.15, 0.2) is 54.6 Å². The van der Waals surface area contributed by atoms with Crippen molar-refractivity contribution in [2.45, 2.75) is 98.8 Å². The van der Waals surface area contributed by atoms with E-state index in [0.717, 1.165) is 11.8 Å². The zero-order valence-corrected chi connectivity index (χ0v) is 23.3. The van der Waals surface area contributed by atoms with E-state index in [1.165, 1.54) is 89.5 Å². The molecule has 0 nitrogen and oxygen atoms in total. The zero-order chi connectivity index (χ0) is 25.2. The maximum absolute atomic E-state index is 2.53. The summed E-state index contributed by atoms with van der Waals surface area (Å²) in [6.07, 6.45) is 9.70. The van der Waals surface area contributed by atoms with Gasteiger partial charge in [-0.15, -0.1) is 0 Å². The lowest BCUT2D eigenvalue weighted by molar-refractivity contribution is 0.258. The van der Waals surface area contributed by atoms with Crippen LogP contribution in [0.5, 0.6) is 0 Å². The molecule has 0 unspecified atom stereocenters. The SMILES string of the molecule is CCC1CCC(CCc2cc(C(C)(C)c3ccc(C)cc3-c3cc(C)ccc3C)ccc2C)CC1. The van der Waals surface area contributed by atoms with Crippen LogP contribution in [0, 0.1) is 39.5 Å². The standard InChI is InChI=1S/C35H46/c1-8-28-13-15-29(16-14-28)17-18-30-23-31(19-12-26(30)4)35(6,7)34-20-10-25(3)22-33(34)32-21-24(2)9-11-27(32)5/h9-12,19-23,28-29H,8,13-18H2,1-7H3. The van der Waals surface area contributed by atoms with Crippen LogP contribution in [-0.2, 0) is 11.8 Å². The molecule has 0 bridgehead atoms. The third-order valence-corrected chi connectivity index (χ3v) is 8.97. The van der Waals surface area contributed by atoms with E-state index in [0.29, 0.717) is 0 Å². The third-order valence-electron chi connectivity index (χ3n) is 8.97. The summed E-state index contributed by atoms with van der Waals surface area (Å²) in [6, 6.07) is 21.2. The number of hydrogen-bond donors (Lipinski definition) is 0. The molecule has 0 N–H and O–H groups in total. The molecule has 1 aliphatic rings. The van der Waals surface area contributed by atoms with Crippen LogP contribution in [0.2, 0.25) is 0 Å². The average Bonchev–Trinajstić information content (AvgIpc) is 2.85. The fourth-order valence-corrected chi connectivity index (χ4v) is 6.23. The van der Waals surface area contributed by atoms with Gasteiger partial charge >= 0.3 is 0 Å². The first-order chi connectivity index (χ1) is 16.7. The predicted molar refractivity (Wildman–Crippen MR) is 153 cm³/mol. The Balaban J connectivity index is 1.64. The van der Waals surface area contributed by atoms with Crippen molar-refractivity contribution in [1.29, 1.82) is 0 Å². The van der Waals surface area contributed by atoms with Crippen molar-refractivity contribution < 1.29 is 0 Å². The Kier molecular flexibility index (Phi) is 7.89. The predicted octanol–water partition coefficient (Wildman–Crippen LogP) is 10.1. The van der Waals surface area contributed by atoms with E-state index in [2.05, 4.69) is 103 Å². The molecular weight excluding hydrogens is 420 g/mol. The minimum Gasteiger partial charge on any atom is -0.0651 e. The molecule has 0 amide bonds. The molecule has 0 spiro atoms. The van der Waals surface area contributed by atoms with Gasteiger partial charge in [0, 0.05) is 5.41 Å². The Bertz CT molecular complexity index is 1150. The largest absolute Gasteiger partial charge is 0.0651 e. The molecular formula is C35H46. The molecule has 0 aromatic heterocycles. The molecule has 3 aromatic rings. The quantitative estimate of drug-likeness (QED) is 0.325. The molecule has 0 radical (unpaired) electrons. The Morgan fingerprint density at radius 2 is 1.29 bits per heavy atom. The van der Waals surface area contributed by atoms with Gasteiger partial charge in [-0.1, -0.05) is 119 Å². The smallest absolute Gasteiger partial charge is 0.0152 e. The molecule has 1 aliphatic carbocycles. The summed E-state index contributed by atoms with van der Waals surface area (Å²) < 4.78 is 0. The molecule has 35 heavy (non-hydrogen) atoms. The van der Waals surface area contributed by atoms with Crippen molar-refractivity contribution >= 4 is 0 Å². The number of rotatable bonds is 7. The Morgan fingerprint density at radius 1 is 0.686 bits per heavy atom.